The van der Waals surface area contributed by atoms with Crippen LogP contribution < -0.4 is 5.32 Å². The van der Waals surface area contributed by atoms with E-state index in [0.717, 1.165) is 64.2 Å². The second kappa shape index (κ2) is 14.1. The highest BCUT2D eigenvalue weighted by Gasteiger charge is 2.35. The van der Waals surface area contributed by atoms with Crippen LogP contribution in [0.25, 0.3) is 0 Å². The molecule has 1 aliphatic carbocycles. The van der Waals surface area contributed by atoms with E-state index in [9.17, 15) is 9.59 Å². The monoisotopic (exact) mass is 566 g/mol. The number of hydrogen-bond donors (Lipinski definition) is 1. The van der Waals surface area contributed by atoms with Crippen molar-refractivity contribution < 1.29 is 19.1 Å². The van der Waals surface area contributed by atoms with Crippen LogP contribution in [0.4, 0.5) is 4.79 Å². The maximum atomic E-state index is 12.8. The summed E-state index contributed by atoms with van der Waals surface area (Å²) in [5.74, 6) is 1.41. The molecular formula is C23H43IN4O4. The summed E-state index contributed by atoms with van der Waals surface area (Å²) in [4.78, 5) is 32.7. The molecule has 1 N–H and O–H groups in total. The number of guanidine groups is 1. The average molecular weight is 567 g/mol. The van der Waals surface area contributed by atoms with Crippen molar-refractivity contribution in [2.75, 3.05) is 40.3 Å². The van der Waals surface area contributed by atoms with Gasteiger partial charge in [0.25, 0.3) is 0 Å². The van der Waals surface area contributed by atoms with Crippen LogP contribution in [0.5, 0.6) is 0 Å². The number of amides is 1. The van der Waals surface area contributed by atoms with Gasteiger partial charge in [-0.1, -0.05) is 6.42 Å². The second-order valence-electron chi connectivity index (χ2n) is 9.66. The Kier molecular flexibility index (Phi) is 12.7. The van der Waals surface area contributed by atoms with E-state index in [0.29, 0.717) is 12.3 Å². The Morgan fingerprint density at radius 3 is 2.28 bits per heavy atom. The normalized spacial score (nSPS) is 17.4. The van der Waals surface area contributed by atoms with Crippen molar-refractivity contribution in [3.05, 3.63) is 0 Å². The number of hydrogen-bond acceptors (Lipinski definition) is 5. The lowest BCUT2D eigenvalue weighted by atomic mass is 10.0. The molecule has 2 rings (SSSR count). The lowest BCUT2D eigenvalue weighted by molar-refractivity contribution is -0.140. The van der Waals surface area contributed by atoms with Crippen molar-refractivity contribution in [3.8, 4) is 0 Å². The zero-order valence-corrected chi connectivity index (χ0v) is 22.9. The molecule has 1 saturated carbocycles. The van der Waals surface area contributed by atoms with Gasteiger partial charge in [-0.05, 0) is 65.2 Å². The predicted octanol–water partition coefficient (Wildman–Crippen LogP) is 4.02. The highest BCUT2D eigenvalue weighted by molar-refractivity contribution is 14.0. The van der Waals surface area contributed by atoms with Gasteiger partial charge in [0, 0.05) is 45.7 Å². The van der Waals surface area contributed by atoms with Crippen LogP contribution in [0.3, 0.4) is 0 Å². The second-order valence-corrected chi connectivity index (χ2v) is 9.66. The number of nitrogens with zero attached hydrogens (tertiary/aromatic N) is 3. The molecule has 2 aliphatic rings. The first-order valence-corrected chi connectivity index (χ1v) is 11.8. The van der Waals surface area contributed by atoms with Gasteiger partial charge in [-0.2, -0.15) is 0 Å². The van der Waals surface area contributed by atoms with E-state index in [1.165, 1.54) is 20.0 Å². The fraction of sp³-hybridized carbons (Fsp3) is 0.870. The molecule has 2 fully saturated rings. The van der Waals surface area contributed by atoms with E-state index < -0.39 is 5.60 Å². The zero-order valence-electron chi connectivity index (χ0n) is 20.5. The summed E-state index contributed by atoms with van der Waals surface area (Å²) in [7, 11) is 3.24. The number of halogens is 1. The van der Waals surface area contributed by atoms with Gasteiger partial charge in [-0.15, -0.1) is 24.0 Å². The number of methoxy groups -OCH3 is 1. The molecule has 0 radical (unpaired) electrons. The minimum Gasteiger partial charge on any atom is -0.469 e. The SMILES string of the molecule is CN=C(NCCCCCC(=O)OC)N1CCC(N(CC2CC2)C(=O)OC(C)(C)C)CC1.I. The third-order valence-corrected chi connectivity index (χ3v) is 5.76. The molecule has 0 bridgehead atoms. The lowest BCUT2D eigenvalue weighted by Gasteiger charge is -2.40. The Morgan fingerprint density at radius 2 is 1.75 bits per heavy atom. The maximum absolute atomic E-state index is 12.8. The lowest BCUT2D eigenvalue weighted by Crippen LogP contribution is -2.52. The molecule has 1 heterocycles. The first-order chi connectivity index (χ1) is 14.7. The van der Waals surface area contributed by atoms with Gasteiger partial charge in [0.15, 0.2) is 5.96 Å². The highest BCUT2D eigenvalue weighted by Crippen LogP contribution is 2.32. The molecular weight excluding hydrogens is 523 g/mol. The molecule has 8 nitrogen and oxygen atoms in total. The average Bonchev–Trinajstić information content (AvgIpc) is 3.54. The van der Waals surface area contributed by atoms with Crippen molar-refractivity contribution in [2.45, 2.75) is 83.8 Å². The zero-order chi connectivity index (χ0) is 22.9. The Balaban J connectivity index is 0.00000512. The summed E-state index contributed by atoms with van der Waals surface area (Å²) < 4.78 is 10.4. The van der Waals surface area contributed by atoms with E-state index in [-0.39, 0.29) is 42.1 Å². The number of nitrogens with one attached hydrogen (secondary N) is 1. The fourth-order valence-electron chi connectivity index (χ4n) is 3.87. The summed E-state index contributed by atoms with van der Waals surface area (Å²) in [6, 6.07) is 0.225. The van der Waals surface area contributed by atoms with Gasteiger partial charge in [-0.3, -0.25) is 9.79 Å². The number of unbranched alkanes of at least 4 members (excludes halogenated alkanes) is 2. The van der Waals surface area contributed by atoms with Crippen LogP contribution in [0.2, 0.25) is 0 Å². The fourth-order valence-corrected chi connectivity index (χ4v) is 3.87. The number of likely N-dealkylation sites (tertiary alicyclic amines) is 1. The van der Waals surface area contributed by atoms with E-state index in [2.05, 4.69) is 19.9 Å². The summed E-state index contributed by atoms with van der Waals surface area (Å²) >= 11 is 0. The molecule has 9 heteroatoms. The number of esters is 1. The Morgan fingerprint density at radius 1 is 1.09 bits per heavy atom. The van der Waals surface area contributed by atoms with Crippen molar-refractivity contribution in [2.24, 2.45) is 10.9 Å². The van der Waals surface area contributed by atoms with Crippen molar-refractivity contribution >= 4 is 42.0 Å². The smallest absolute Gasteiger partial charge is 0.410 e. The van der Waals surface area contributed by atoms with Gasteiger partial charge >= 0.3 is 12.1 Å². The minimum atomic E-state index is -0.470. The molecule has 0 unspecified atom stereocenters. The Labute approximate surface area is 210 Å². The van der Waals surface area contributed by atoms with Crippen molar-refractivity contribution in [1.29, 1.82) is 0 Å². The topological polar surface area (TPSA) is 83.5 Å². The molecule has 186 valence electrons. The minimum absolute atomic E-state index is 0. The number of aliphatic imine (C=N–C) groups is 1. The molecule has 0 spiro atoms. The summed E-state index contributed by atoms with van der Waals surface area (Å²) in [5, 5.41) is 3.44. The van der Waals surface area contributed by atoms with E-state index in [1.807, 2.05) is 32.7 Å². The third-order valence-electron chi connectivity index (χ3n) is 5.76. The molecule has 0 aromatic heterocycles. The summed E-state index contributed by atoms with van der Waals surface area (Å²) in [6.45, 7) is 9.17. The molecule has 32 heavy (non-hydrogen) atoms. The third kappa shape index (κ3) is 10.6. The number of piperidine rings is 1. The number of carbonyl (C=O) groups is 2. The standard InChI is InChI=1S/C23H42N4O4.HI/c1-23(2,3)31-22(29)27(17-18-10-11-18)19-12-15-26(16-13-19)21(24-4)25-14-8-6-7-9-20(28)30-5;/h18-19H,6-17H2,1-5H3,(H,24,25);1H. The molecule has 0 aromatic rings. The van der Waals surface area contributed by atoms with Crippen molar-refractivity contribution in [3.63, 3.8) is 0 Å². The predicted molar refractivity (Wildman–Crippen MR) is 138 cm³/mol. The first-order valence-electron chi connectivity index (χ1n) is 11.8. The molecule has 1 aliphatic heterocycles. The first kappa shape index (κ1) is 28.8. The van der Waals surface area contributed by atoms with Gasteiger partial charge < -0.3 is 24.6 Å². The quantitative estimate of drug-likeness (QED) is 0.149. The van der Waals surface area contributed by atoms with Crippen molar-refractivity contribution in [1.82, 2.24) is 15.1 Å². The van der Waals surface area contributed by atoms with Gasteiger partial charge in [-0.25, -0.2) is 4.79 Å². The van der Waals surface area contributed by atoms with Crippen LogP contribution in [-0.4, -0.2) is 79.8 Å². The molecule has 1 saturated heterocycles. The largest absolute Gasteiger partial charge is 0.469 e. The van der Waals surface area contributed by atoms with Crippen LogP contribution in [-0.2, 0) is 14.3 Å². The molecule has 0 aromatic carbocycles. The molecule has 1 amide bonds. The Hall–Kier alpha value is -1.26. The van der Waals surface area contributed by atoms with Crippen LogP contribution in [0.1, 0.15) is 72.1 Å². The highest BCUT2D eigenvalue weighted by atomic mass is 127. The number of carbonyl (C=O) groups excluding carboxylic acids is 2. The van der Waals surface area contributed by atoms with E-state index >= 15 is 0 Å². The maximum Gasteiger partial charge on any atom is 0.410 e. The van der Waals surface area contributed by atoms with Crippen LogP contribution in [0.15, 0.2) is 4.99 Å². The molecule has 0 atom stereocenters. The van der Waals surface area contributed by atoms with E-state index in [1.54, 1.807) is 0 Å². The Bertz CT molecular complexity index is 612. The summed E-state index contributed by atoms with van der Waals surface area (Å²) in [6.07, 6.45) is 7.40. The van der Waals surface area contributed by atoms with Crippen LogP contribution in [0, 0.1) is 5.92 Å². The number of rotatable bonds is 9. The van der Waals surface area contributed by atoms with Crippen LogP contribution >= 0.6 is 24.0 Å². The number of ether oxygens (including phenoxy) is 2. The van der Waals surface area contributed by atoms with E-state index in [4.69, 9.17) is 4.74 Å². The van der Waals surface area contributed by atoms with Gasteiger partial charge in [0.2, 0.25) is 0 Å². The van der Waals surface area contributed by atoms with Gasteiger partial charge in [0.1, 0.15) is 5.60 Å². The summed E-state index contributed by atoms with van der Waals surface area (Å²) in [5.41, 5.74) is -0.470. The van der Waals surface area contributed by atoms with Gasteiger partial charge in [0.05, 0.1) is 7.11 Å².